The van der Waals surface area contributed by atoms with Crippen LogP contribution >= 0.6 is 11.3 Å². The predicted octanol–water partition coefficient (Wildman–Crippen LogP) is 2.66. The molecule has 0 saturated heterocycles. The summed E-state index contributed by atoms with van der Waals surface area (Å²) >= 11 is 1.39. The van der Waals surface area contributed by atoms with Gasteiger partial charge in [-0.1, -0.05) is 6.92 Å². The highest BCUT2D eigenvalue weighted by Crippen LogP contribution is 2.30. The second kappa shape index (κ2) is 3.86. The van der Waals surface area contributed by atoms with Crippen molar-refractivity contribution in [3.63, 3.8) is 0 Å². The number of furan rings is 1. The first-order chi connectivity index (χ1) is 7.22. The third-order valence-electron chi connectivity index (χ3n) is 1.96. The second-order valence-electron chi connectivity index (χ2n) is 2.96. The van der Waals surface area contributed by atoms with Gasteiger partial charge in [-0.2, -0.15) is 0 Å². The van der Waals surface area contributed by atoms with Crippen molar-refractivity contribution in [2.45, 2.75) is 13.3 Å². The third kappa shape index (κ3) is 1.78. The van der Waals surface area contributed by atoms with Gasteiger partial charge < -0.3 is 9.52 Å². The lowest BCUT2D eigenvalue weighted by Crippen LogP contribution is -1.98. The normalized spacial score (nSPS) is 10.5. The first kappa shape index (κ1) is 9.92. The molecule has 0 fully saturated rings. The highest BCUT2D eigenvalue weighted by molar-refractivity contribution is 7.15. The van der Waals surface area contributed by atoms with Gasteiger partial charge in [-0.15, -0.1) is 11.3 Å². The van der Waals surface area contributed by atoms with Gasteiger partial charge in [0.15, 0.2) is 5.69 Å². The topological polar surface area (TPSA) is 63.3 Å². The Labute approximate surface area is 90.2 Å². The molecule has 0 radical (unpaired) electrons. The molecule has 0 saturated carbocycles. The van der Waals surface area contributed by atoms with E-state index in [-0.39, 0.29) is 5.69 Å². The van der Waals surface area contributed by atoms with Gasteiger partial charge in [0.2, 0.25) is 0 Å². The van der Waals surface area contributed by atoms with E-state index in [0.717, 1.165) is 17.0 Å². The zero-order chi connectivity index (χ0) is 10.8. The molecule has 2 aromatic heterocycles. The molecule has 0 aromatic carbocycles. The number of carboxylic acids is 1. The highest BCUT2D eigenvalue weighted by Gasteiger charge is 2.18. The molecule has 5 heteroatoms. The van der Waals surface area contributed by atoms with Crippen LogP contribution in [0.4, 0.5) is 0 Å². The van der Waals surface area contributed by atoms with Crippen LogP contribution in [0, 0.1) is 0 Å². The van der Waals surface area contributed by atoms with Crippen molar-refractivity contribution in [3.05, 3.63) is 29.3 Å². The minimum absolute atomic E-state index is 0.109. The van der Waals surface area contributed by atoms with E-state index in [0.29, 0.717) is 4.88 Å². The van der Waals surface area contributed by atoms with Crippen LogP contribution in [-0.4, -0.2) is 16.1 Å². The fourth-order valence-corrected chi connectivity index (χ4v) is 2.23. The van der Waals surface area contributed by atoms with E-state index in [4.69, 9.17) is 9.52 Å². The first-order valence-electron chi connectivity index (χ1n) is 4.48. The number of carbonyl (C=O) groups is 1. The van der Waals surface area contributed by atoms with Gasteiger partial charge in [-0.3, -0.25) is 0 Å². The van der Waals surface area contributed by atoms with Crippen LogP contribution in [0.1, 0.15) is 22.4 Å². The third-order valence-corrected chi connectivity index (χ3v) is 3.21. The van der Waals surface area contributed by atoms with Crippen LogP contribution in [0.15, 0.2) is 23.0 Å². The molecule has 0 bridgehead atoms. The Hall–Kier alpha value is -1.62. The number of aromatic carboxylic acids is 1. The number of aryl methyl sites for hydroxylation is 1. The van der Waals surface area contributed by atoms with Crippen LogP contribution in [0.3, 0.4) is 0 Å². The zero-order valence-electron chi connectivity index (χ0n) is 8.06. The van der Waals surface area contributed by atoms with Crippen molar-refractivity contribution < 1.29 is 14.3 Å². The number of aromatic nitrogens is 1. The van der Waals surface area contributed by atoms with Crippen molar-refractivity contribution in [3.8, 4) is 10.4 Å². The summed E-state index contributed by atoms with van der Waals surface area (Å²) in [6, 6.07) is 1.74. The van der Waals surface area contributed by atoms with Crippen molar-refractivity contribution in [2.75, 3.05) is 0 Å². The molecule has 2 aromatic rings. The Morgan fingerprint density at radius 2 is 2.47 bits per heavy atom. The molecule has 15 heavy (non-hydrogen) atoms. The monoisotopic (exact) mass is 223 g/mol. The van der Waals surface area contributed by atoms with E-state index < -0.39 is 5.97 Å². The smallest absolute Gasteiger partial charge is 0.356 e. The molecule has 78 valence electrons. The molecule has 0 atom stereocenters. The number of carboxylic acid groups (broad SMARTS) is 1. The van der Waals surface area contributed by atoms with E-state index in [1.54, 1.807) is 6.07 Å². The Bertz CT molecular complexity index is 473. The van der Waals surface area contributed by atoms with Crippen molar-refractivity contribution in [1.82, 2.24) is 4.98 Å². The highest BCUT2D eigenvalue weighted by atomic mass is 32.1. The summed E-state index contributed by atoms with van der Waals surface area (Å²) in [7, 11) is 0. The fraction of sp³-hybridized carbons (Fsp3) is 0.200. The summed E-state index contributed by atoms with van der Waals surface area (Å²) in [6.45, 7) is 1.95. The molecule has 0 amide bonds. The summed E-state index contributed by atoms with van der Waals surface area (Å²) in [5.41, 5.74) is 0.878. The lowest BCUT2D eigenvalue weighted by Gasteiger charge is -1.91. The average molecular weight is 223 g/mol. The van der Waals surface area contributed by atoms with E-state index in [1.165, 1.54) is 23.9 Å². The largest absolute Gasteiger partial charge is 0.476 e. The van der Waals surface area contributed by atoms with Gasteiger partial charge in [-0.25, -0.2) is 9.78 Å². The zero-order valence-corrected chi connectivity index (χ0v) is 8.87. The second-order valence-corrected chi connectivity index (χ2v) is 4.04. The molecule has 4 nitrogen and oxygen atoms in total. The van der Waals surface area contributed by atoms with Crippen LogP contribution < -0.4 is 0 Å². The lowest BCUT2D eigenvalue weighted by atomic mass is 10.2. The van der Waals surface area contributed by atoms with E-state index >= 15 is 0 Å². The van der Waals surface area contributed by atoms with Gasteiger partial charge in [0, 0.05) is 5.56 Å². The van der Waals surface area contributed by atoms with E-state index in [2.05, 4.69) is 4.98 Å². The summed E-state index contributed by atoms with van der Waals surface area (Å²) in [6.07, 6.45) is 3.79. The molecule has 1 N–H and O–H groups in total. The van der Waals surface area contributed by atoms with Gasteiger partial charge in [-0.05, 0) is 12.5 Å². The van der Waals surface area contributed by atoms with Crippen LogP contribution in [-0.2, 0) is 6.42 Å². The van der Waals surface area contributed by atoms with Crippen molar-refractivity contribution in [1.29, 1.82) is 0 Å². The molecule has 0 spiro atoms. The molecule has 0 aliphatic heterocycles. The molecule has 0 aliphatic carbocycles. The number of hydrogen-bond donors (Lipinski definition) is 1. The van der Waals surface area contributed by atoms with Gasteiger partial charge in [0.05, 0.1) is 22.4 Å². The van der Waals surface area contributed by atoms with Gasteiger partial charge in [0.25, 0.3) is 0 Å². The summed E-state index contributed by atoms with van der Waals surface area (Å²) in [5.74, 6) is -0.998. The minimum atomic E-state index is -0.998. The number of thiazole rings is 1. The van der Waals surface area contributed by atoms with Crippen molar-refractivity contribution in [2.24, 2.45) is 0 Å². The fourth-order valence-electron chi connectivity index (χ4n) is 1.25. The van der Waals surface area contributed by atoms with Crippen LogP contribution in [0.25, 0.3) is 10.4 Å². The molecule has 0 unspecified atom stereocenters. The molecular weight excluding hydrogens is 214 g/mol. The number of nitrogens with zero attached hydrogens (tertiary/aromatic N) is 1. The summed E-state index contributed by atoms with van der Waals surface area (Å²) in [4.78, 5) is 15.7. The summed E-state index contributed by atoms with van der Waals surface area (Å²) < 4.78 is 4.93. The molecular formula is C10H9NO3S. The molecule has 0 aliphatic rings. The van der Waals surface area contributed by atoms with Gasteiger partial charge >= 0.3 is 5.97 Å². The lowest BCUT2D eigenvalue weighted by molar-refractivity contribution is 0.0692. The SMILES string of the molecule is CCc1nc(C(=O)O)c(-c2ccoc2)s1. The maximum atomic E-state index is 11.0. The number of rotatable bonds is 3. The predicted molar refractivity (Wildman–Crippen MR) is 56.2 cm³/mol. The first-order valence-corrected chi connectivity index (χ1v) is 5.29. The molecule has 2 heterocycles. The Balaban J connectivity index is 2.54. The average Bonchev–Trinajstić information content (AvgIpc) is 2.86. The maximum absolute atomic E-state index is 11.0. The van der Waals surface area contributed by atoms with Crippen LogP contribution in [0.5, 0.6) is 0 Å². The standard InChI is InChI=1S/C10H9NO3S/c1-2-7-11-8(10(12)13)9(15-7)6-3-4-14-5-6/h3-5H,2H2,1H3,(H,12,13). The quantitative estimate of drug-likeness (QED) is 0.868. The van der Waals surface area contributed by atoms with Gasteiger partial charge in [0.1, 0.15) is 0 Å². The Kier molecular flexibility index (Phi) is 2.55. The summed E-state index contributed by atoms with van der Waals surface area (Å²) in [5, 5.41) is 9.81. The van der Waals surface area contributed by atoms with Crippen molar-refractivity contribution >= 4 is 17.3 Å². The number of hydrogen-bond acceptors (Lipinski definition) is 4. The Morgan fingerprint density at radius 1 is 1.67 bits per heavy atom. The van der Waals surface area contributed by atoms with Crippen LogP contribution in [0.2, 0.25) is 0 Å². The minimum Gasteiger partial charge on any atom is -0.476 e. The maximum Gasteiger partial charge on any atom is 0.356 e. The van der Waals surface area contributed by atoms with E-state index in [1.807, 2.05) is 6.92 Å². The Morgan fingerprint density at radius 3 is 3.00 bits per heavy atom. The molecule has 2 rings (SSSR count). The van der Waals surface area contributed by atoms with E-state index in [9.17, 15) is 4.79 Å².